The average Bonchev–Trinajstić information content (AvgIpc) is 2.15. The molecule has 1 aromatic carbocycles. The third kappa shape index (κ3) is 2.82. The van der Waals surface area contributed by atoms with Crippen molar-refractivity contribution in [3.63, 3.8) is 0 Å². The first-order valence-corrected chi connectivity index (χ1v) is 5.04. The summed E-state index contributed by atoms with van der Waals surface area (Å²) in [6.07, 6.45) is 0. The van der Waals surface area contributed by atoms with Gasteiger partial charge in [-0.15, -0.1) is 11.6 Å². The van der Waals surface area contributed by atoms with E-state index in [9.17, 15) is 4.79 Å². The third-order valence-corrected chi connectivity index (χ3v) is 2.19. The van der Waals surface area contributed by atoms with Crippen LogP contribution < -0.4 is 4.72 Å². The Bertz CT molecular complexity index is 306. The van der Waals surface area contributed by atoms with Gasteiger partial charge in [0.1, 0.15) is 0 Å². The Morgan fingerprint density at radius 1 is 1.54 bits per heavy atom. The molecule has 0 aromatic heterocycles. The fourth-order valence-electron chi connectivity index (χ4n) is 0.864. The van der Waals surface area contributed by atoms with E-state index in [4.69, 9.17) is 16.7 Å². The van der Waals surface area contributed by atoms with Gasteiger partial charge in [-0.2, -0.15) is 0 Å². The molecule has 2 N–H and O–H groups in total. The summed E-state index contributed by atoms with van der Waals surface area (Å²) in [5, 5.41) is 9.15. The Kier molecular flexibility index (Phi) is 3.92. The van der Waals surface area contributed by atoms with E-state index in [0.29, 0.717) is 10.9 Å². The van der Waals surface area contributed by atoms with Gasteiger partial charge in [-0.05, 0) is 24.1 Å². The summed E-state index contributed by atoms with van der Waals surface area (Å²) in [6.45, 7) is 0. The number of anilines is 1. The van der Waals surface area contributed by atoms with Crippen LogP contribution in [0.2, 0.25) is 0 Å². The molecule has 3 nitrogen and oxygen atoms in total. The van der Waals surface area contributed by atoms with E-state index in [1.54, 1.807) is 24.3 Å². The van der Waals surface area contributed by atoms with Crippen LogP contribution in [0, 0.1) is 0 Å². The number of benzene rings is 1. The SMILES string of the molecule is O=C(O)c1ccccc1NSCCl. The number of rotatable bonds is 4. The van der Waals surface area contributed by atoms with Crippen LogP contribution in [0.25, 0.3) is 0 Å². The van der Waals surface area contributed by atoms with Crippen molar-refractivity contribution in [1.82, 2.24) is 0 Å². The van der Waals surface area contributed by atoms with Gasteiger partial charge in [0, 0.05) is 0 Å². The molecule has 0 aliphatic carbocycles. The summed E-state index contributed by atoms with van der Waals surface area (Å²) < 4.78 is 2.85. The van der Waals surface area contributed by atoms with Crippen molar-refractivity contribution in [3.05, 3.63) is 29.8 Å². The summed E-state index contributed by atoms with van der Waals surface area (Å²) in [7, 11) is 0. The van der Waals surface area contributed by atoms with Crippen LogP contribution in [-0.4, -0.2) is 16.3 Å². The first-order valence-electron chi connectivity index (χ1n) is 3.52. The molecule has 1 aromatic rings. The van der Waals surface area contributed by atoms with Crippen molar-refractivity contribution in [2.24, 2.45) is 0 Å². The highest BCUT2D eigenvalue weighted by Crippen LogP contribution is 2.18. The second-order valence-corrected chi connectivity index (χ2v) is 3.57. The normalized spacial score (nSPS) is 9.62. The summed E-state index contributed by atoms with van der Waals surface area (Å²) in [6, 6.07) is 6.69. The lowest BCUT2D eigenvalue weighted by Gasteiger charge is -2.05. The molecule has 0 spiro atoms. The lowest BCUT2D eigenvalue weighted by Crippen LogP contribution is -2.00. The van der Waals surface area contributed by atoms with Crippen LogP contribution in [0.1, 0.15) is 10.4 Å². The number of carboxylic acids is 1. The molecular formula is C8H8ClNO2S. The quantitative estimate of drug-likeness (QED) is 0.601. The summed E-state index contributed by atoms with van der Waals surface area (Å²) >= 11 is 6.68. The van der Waals surface area contributed by atoms with Crippen molar-refractivity contribution >= 4 is 35.2 Å². The molecule has 0 radical (unpaired) electrons. The van der Waals surface area contributed by atoms with Gasteiger partial charge in [-0.1, -0.05) is 12.1 Å². The highest BCUT2D eigenvalue weighted by atomic mass is 35.5. The molecule has 0 saturated carbocycles. The van der Waals surface area contributed by atoms with Gasteiger partial charge in [0.15, 0.2) is 0 Å². The second-order valence-electron chi connectivity index (χ2n) is 2.21. The maximum absolute atomic E-state index is 10.7. The van der Waals surface area contributed by atoms with Crippen molar-refractivity contribution in [2.75, 3.05) is 9.93 Å². The topological polar surface area (TPSA) is 49.3 Å². The minimum atomic E-state index is -0.946. The Hall–Kier alpha value is -0.870. The molecule has 0 fully saturated rings. The molecule has 0 saturated heterocycles. The summed E-state index contributed by atoms with van der Waals surface area (Å²) in [5.41, 5.74) is 0.820. The van der Waals surface area contributed by atoms with Gasteiger partial charge >= 0.3 is 5.97 Å². The minimum absolute atomic E-state index is 0.250. The van der Waals surface area contributed by atoms with Crippen LogP contribution in [0.3, 0.4) is 0 Å². The number of carbonyl (C=O) groups is 1. The van der Waals surface area contributed by atoms with Gasteiger partial charge in [0.25, 0.3) is 0 Å². The van der Waals surface area contributed by atoms with Crippen LogP contribution in [0.5, 0.6) is 0 Å². The lowest BCUT2D eigenvalue weighted by molar-refractivity contribution is 0.0698. The molecule has 1 rings (SSSR count). The highest BCUT2D eigenvalue weighted by Gasteiger charge is 2.07. The van der Waals surface area contributed by atoms with Crippen LogP contribution in [0.15, 0.2) is 24.3 Å². The fraction of sp³-hybridized carbons (Fsp3) is 0.125. The van der Waals surface area contributed by atoms with Crippen molar-refractivity contribution < 1.29 is 9.90 Å². The predicted molar refractivity (Wildman–Crippen MR) is 55.3 cm³/mol. The Balaban J connectivity index is 2.84. The Labute approximate surface area is 85.2 Å². The van der Waals surface area contributed by atoms with Crippen LogP contribution in [0.4, 0.5) is 5.69 Å². The zero-order chi connectivity index (χ0) is 9.68. The number of alkyl halides is 1. The van der Waals surface area contributed by atoms with Gasteiger partial charge in [-0.25, -0.2) is 4.79 Å². The minimum Gasteiger partial charge on any atom is -0.478 e. The first kappa shape index (κ1) is 10.2. The average molecular weight is 218 g/mol. The van der Waals surface area contributed by atoms with E-state index in [1.807, 2.05) is 0 Å². The van der Waals surface area contributed by atoms with Gasteiger partial charge in [0.05, 0.1) is 16.5 Å². The van der Waals surface area contributed by atoms with Crippen molar-refractivity contribution in [3.8, 4) is 0 Å². The van der Waals surface area contributed by atoms with E-state index >= 15 is 0 Å². The zero-order valence-electron chi connectivity index (χ0n) is 6.66. The lowest BCUT2D eigenvalue weighted by atomic mass is 10.2. The Morgan fingerprint density at radius 3 is 2.85 bits per heavy atom. The zero-order valence-corrected chi connectivity index (χ0v) is 8.23. The van der Waals surface area contributed by atoms with E-state index in [2.05, 4.69) is 4.72 Å². The van der Waals surface area contributed by atoms with E-state index in [0.717, 1.165) is 0 Å². The molecule has 5 heteroatoms. The molecular weight excluding hydrogens is 210 g/mol. The molecule has 0 heterocycles. The van der Waals surface area contributed by atoms with Gasteiger partial charge < -0.3 is 9.83 Å². The number of hydrogen-bond acceptors (Lipinski definition) is 3. The number of halogens is 1. The monoisotopic (exact) mass is 217 g/mol. The number of carboxylic acid groups (broad SMARTS) is 1. The number of hydrogen-bond donors (Lipinski definition) is 2. The highest BCUT2D eigenvalue weighted by molar-refractivity contribution is 8.01. The van der Waals surface area contributed by atoms with Gasteiger partial charge in [-0.3, -0.25) is 0 Å². The molecule has 0 aliphatic rings. The summed E-state index contributed by atoms with van der Waals surface area (Å²) in [4.78, 5) is 10.7. The fourth-order valence-corrected chi connectivity index (χ4v) is 1.42. The number of para-hydroxylation sites is 1. The van der Waals surface area contributed by atoms with Crippen LogP contribution >= 0.6 is 23.5 Å². The smallest absolute Gasteiger partial charge is 0.337 e. The standard InChI is InChI=1S/C8H8ClNO2S/c9-5-13-10-7-4-2-1-3-6(7)8(11)12/h1-4,10H,5H2,(H,11,12). The molecule has 0 unspecified atom stereocenters. The third-order valence-electron chi connectivity index (χ3n) is 1.39. The van der Waals surface area contributed by atoms with Crippen molar-refractivity contribution in [1.29, 1.82) is 0 Å². The van der Waals surface area contributed by atoms with E-state index < -0.39 is 5.97 Å². The Morgan fingerprint density at radius 2 is 2.23 bits per heavy atom. The van der Waals surface area contributed by atoms with Crippen LogP contribution in [-0.2, 0) is 0 Å². The van der Waals surface area contributed by atoms with Crippen molar-refractivity contribution in [2.45, 2.75) is 0 Å². The maximum Gasteiger partial charge on any atom is 0.337 e. The van der Waals surface area contributed by atoms with E-state index in [1.165, 1.54) is 11.9 Å². The molecule has 0 bridgehead atoms. The summed E-state index contributed by atoms with van der Waals surface area (Å²) in [5.74, 6) is -0.946. The first-order chi connectivity index (χ1) is 6.25. The number of nitrogens with one attached hydrogen (secondary N) is 1. The largest absolute Gasteiger partial charge is 0.478 e. The molecule has 70 valence electrons. The van der Waals surface area contributed by atoms with E-state index in [-0.39, 0.29) is 5.56 Å². The molecule has 13 heavy (non-hydrogen) atoms. The predicted octanol–water partition coefficient (Wildman–Crippen LogP) is 2.64. The second kappa shape index (κ2) is 4.99. The molecule has 0 aliphatic heterocycles. The maximum atomic E-state index is 10.7. The molecule has 0 amide bonds. The van der Waals surface area contributed by atoms with Gasteiger partial charge in [0.2, 0.25) is 0 Å². The molecule has 0 atom stereocenters. The number of aromatic carboxylic acids is 1.